The van der Waals surface area contributed by atoms with E-state index in [0.29, 0.717) is 0 Å². The molecule has 0 saturated heterocycles. The Balaban J connectivity index is 2.40. The summed E-state index contributed by atoms with van der Waals surface area (Å²) in [5.74, 6) is 0. The monoisotopic (exact) mass is 243 g/mol. The number of hydrogen-bond donors (Lipinski definition) is 1. The second-order valence-electron chi connectivity index (χ2n) is 5.25. The van der Waals surface area contributed by atoms with E-state index in [1.54, 1.807) is 0 Å². The summed E-state index contributed by atoms with van der Waals surface area (Å²) in [6.45, 7) is 1.03. The first-order chi connectivity index (χ1) is 8.68. The number of aliphatic hydroxyl groups is 1. The molecule has 1 aliphatic rings. The van der Waals surface area contributed by atoms with E-state index in [0.717, 1.165) is 13.0 Å². The largest absolute Gasteiger partial charge is 0.395 e. The van der Waals surface area contributed by atoms with Crippen molar-refractivity contribution in [2.24, 2.45) is 5.41 Å². The Kier molecular flexibility index (Phi) is 4.00. The molecule has 1 N–H and O–H groups in total. The lowest BCUT2D eigenvalue weighted by molar-refractivity contribution is 0.143. The average molecular weight is 243 g/mol. The third-order valence-electron chi connectivity index (χ3n) is 3.49. The van der Waals surface area contributed by atoms with Crippen LogP contribution in [0.5, 0.6) is 0 Å². The van der Waals surface area contributed by atoms with Crippen molar-refractivity contribution in [1.82, 2.24) is 4.90 Å². The van der Waals surface area contributed by atoms with Crippen molar-refractivity contribution in [2.45, 2.75) is 6.42 Å². The van der Waals surface area contributed by atoms with Crippen molar-refractivity contribution in [3.63, 3.8) is 0 Å². The maximum atomic E-state index is 9.92. The van der Waals surface area contributed by atoms with Crippen molar-refractivity contribution >= 4 is 5.57 Å². The van der Waals surface area contributed by atoms with E-state index in [1.807, 2.05) is 18.2 Å². The SMILES string of the molecule is CN(C)CC1(CO)CC=CC=C1c1ccccc1. The third kappa shape index (κ3) is 2.55. The molecule has 0 radical (unpaired) electrons. The van der Waals surface area contributed by atoms with Gasteiger partial charge in [0.25, 0.3) is 0 Å². The molecule has 1 aromatic carbocycles. The molecular weight excluding hydrogens is 222 g/mol. The molecule has 1 atom stereocenters. The zero-order valence-corrected chi connectivity index (χ0v) is 11.1. The minimum absolute atomic E-state index is 0.177. The zero-order chi connectivity index (χ0) is 13.0. The van der Waals surface area contributed by atoms with Gasteiger partial charge in [0.1, 0.15) is 0 Å². The van der Waals surface area contributed by atoms with Gasteiger partial charge in [-0.1, -0.05) is 48.6 Å². The second-order valence-corrected chi connectivity index (χ2v) is 5.25. The van der Waals surface area contributed by atoms with Gasteiger partial charge < -0.3 is 10.0 Å². The highest BCUT2D eigenvalue weighted by molar-refractivity contribution is 5.73. The Morgan fingerprint density at radius 1 is 1.22 bits per heavy atom. The molecule has 2 heteroatoms. The molecule has 1 aromatic rings. The summed E-state index contributed by atoms with van der Waals surface area (Å²) in [7, 11) is 4.11. The van der Waals surface area contributed by atoms with Crippen molar-refractivity contribution in [2.75, 3.05) is 27.2 Å². The summed E-state index contributed by atoms with van der Waals surface area (Å²) in [4.78, 5) is 2.14. The van der Waals surface area contributed by atoms with Gasteiger partial charge in [0.15, 0.2) is 0 Å². The first-order valence-corrected chi connectivity index (χ1v) is 6.36. The molecule has 1 unspecified atom stereocenters. The number of aliphatic hydroxyl groups excluding tert-OH is 1. The number of allylic oxidation sites excluding steroid dienone is 3. The zero-order valence-electron chi connectivity index (χ0n) is 11.1. The van der Waals surface area contributed by atoms with Crippen molar-refractivity contribution < 1.29 is 5.11 Å². The fraction of sp³-hybridized carbons (Fsp3) is 0.375. The highest BCUT2D eigenvalue weighted by atomic mass is 16.3. The third-order valence-corrected chi connectivity index (χ3v) is 3.49. The lowest BCUT2D eigenvalue weighted by Gasteiger charge is -2.38. The van der Waals surface area contributed by atoms with Gasteiger partial charge in [-0.15, -0.1) is 0 Å². The molecule has 0 aliphatic heterocycles. The highest BCUT2D eigenvalue weighted by Crippen LogP contribution is 2.41. The number of benzene rings is 1. The lowest BCUT2D eigenvalue weighted by Crippen LogP contribution is -2.38. The fourth-order valence-corrected chi connectivity index (χ4v) is 2.72. The molecule has 0 spiro atoms. The molecule has 1 aliphatic carbocycles. The second kappa shape index (κ2) is 5.51. The molecular formula is C16H21NO. The quantitative estimate of drug-likeness (QED) is 0.878. The highest BCUT2D eigenvalue weighted by Gasteiger charge is 2.35. The van der Waals surface area contributed by atoms with Crippen LogP contribution in [-0.4, -0.2) is 37.3 Å². The van der Waals surface area contributed by atoms with E-state index in [2.05, 4.69) is 49.4 Å². The minimum Gasteiger partial charge on any atom is -0.395 e. The van der Waals surface area contributed by atoms with E-state index >= 15 is 0 Å². The molecule has 0 saturated carbocycles. The van der Waals surface area contributed by atoms with Gasteiger partial charge in [-0.05, 0) is 31.7 Å². The van der Waals surface area contributed by atoms with Crippen LogP contribution in [0.1, 0.15) is 12.0 Å². The smallest absolute Gasteiger partial charge is 0.0543 e. The molecule has 18 heavy (non-hydrogen) atoms. The first kappa shape index (κ1) is 13.1. The maximum absolute atomic E-state index is 9.92. The average Bonchev–Trinajstić information content (AvgIpc) is 2.39. The Hall–Kier alpha value is -1.38. The van der Waals surface area contributed by atoms with Gasteiger partial charge in [0.2, 0.25) is 0 Å². The normalized spacial score (nSPS) is 23.2. The van der Waals surface area contributed by atoms with Crippen molar-refractivity contribution in [3.8, 4) is 0 Å². The molecule has 96 valence electrons. The lowest BCUT2D eigenvalue weighted by atomic mass is 9.72. The van der Waals surface area contributed by atoms with Crippen LogP contribution >= 0.6 is 0 Å². The fourth-order valence-electron chi connectivity index (χ4n) is 2.72. The van der Waals surface area contributed by atoms with Crippen LogP contribution in [0.2, 0.25) is 0 Å². The topological polar surface area (TPSA) is 23.5 Å². The summed E-state index contributed by atoms with van der Waals surface area (Å²) in [5, 5.41) is 9.92. The summed E-state index contributed by atoms with van der Waals surface area (Å²) < 4.78 is 0. The molecule has 0 fully saturated rings. The van der Waals surface area contributed by atoms with E-state index in [4.69, 9.17) is 0 Å². The molecule has 0 heterocycles. The van der Waals surface area contributed by atoms with Crippen LogP contribution in [0, 0.1) is 5.41 Å². The molecule has 0 amide bonds. The molecule has 0 aromatic heterocycles. The molecule has 0 bridgehead atoms. The summed E-state index contributed by atoms with van der Waals surface area (Å²) in [5.41, 5.74) is 2.26. The predicted molar refractivity (Wildman–Crippen MR) is 76.2 cm³/mol. The van der Waals surface area contributed by atoms with Crippen LogP contribution in [0.4, 0.5) is 0 Å². The van der Waals surface area contributed by atoms with Crippen LogP contribution in [0.15, 0.2) is 48.6 Å². The molecule has 2 nitrogen and oxygen atoms in total. The van der Waals surface area contributed by atoms with Gasteiger partial charge in [0.05, 0.1) is 6.61 Å². The van der Waals surface area contributed by atoms with E-state index in [9.17, 15) is 5.11 Å². The van der Waals surface area contributed by atoms with Gasteiger partial charge in [-0.2, -0.15) is 0 Å². The van der Waals surface area contributed by atoms with Crippen LogP contribution in [-0.2, 0) is 0 Å². The number of nitrogens with zero attached hydrogens (tertiary/aromatic N) is 1. The number of hydrogen-bond acceptors (Lipinski definition) is 2. The Bertz CT molecular complexity index is 447. The summed E-state index contributed by atoms with van der Waals surface area (Å²) in [6.07, 6.45) is 7.26. The van der Waals surface area contributed by atoms with E-state index in [-0.39, 0.29) is 12.0 Å². The van der Waals surface area contributed by atoms with Gasteiger partial charge in [-0.3, -0.25) is 0 Å². The van der Waals surface area contributed by atoms with E-state index in [1.165, 1.54) is 11.1 Å². The van der Waals surface area contributed by atoms with Crippen LogP contribution < -0.4 is 0 Å². The van der Waals surface area contributed by atoms with Crippen molar-refractivity contribution in [3.05, 3.63) is 54.1 Å². The van der Waals surface area contributed by atoms with E-state index < -0.39 is 0 Å². The van der Waals surface area contributed by atoms with Gasteiger partial charge in [-0.25, -0.2) is 0 Å². The van der Waals surface area contributed by atoms with Gasteiger partial charge in [0, 0.05) is 12.0 Å². The Morgan fingerprint density at radius 2 is 1.94 bits per heavy atom. The maximum Gasteiger partial charge on any atom is 0.0543 e. The standard InChI is InChI=1S/C16H21NO/c1-17(2)12-16(13-18)11-7-6-10-15(16)14-8-4-3-5-9-14/h3-10,18H,11-13H2,1-2H3. The summed E-state index contributed by atoms with van der Waals surface area (Å²) >= 11 is 0. The predicted octanol–water partition coefficient (Wildman–Crippen LogP) is 2.57. The Morgan fingerprint density at radius 3 is 2.56 bits per heavy atom. The van der Waals surface area contributed by atoms with Crippen molar-refractivity contribution in [1.29, 1.82) is 0 Å². The first-order valence-electron chi connectivity index (χ1n) is 6.36. The Labute approximate surface area is 109 Å². The van der Waals surface area contributed by atoms with Gasteiger partial charge >= 0.3 is 0 Å². The number of rotatable bonds is 4. The van der Waals surface area contributed by atoms with Crippen LogP contribution in [0.3, 0.4) is 0 Å². The summed E-state index contributed by atoms with van der Waals surface area (Å²) in [6, 6.07) is 10.4. The minimum atomic E-state index is -0.181. The van der Waals surface area contributed by atoms with Crippen LogP contribution in [0.25, 0.3) is 5.57 Å². The molecule has 2 rings (SSSR count).